The van der Waals surface area contributed by atoms with Gasteiger partial charge in [0.1, 0.15) is 5.82 Å². The van der Waals surface area contributed by atoms with Crippen LogP contribution in [0.4, 0.5) is 0 Å². The number of fused-ring (bicyclic) bond motifs is 2. The molecule has 7 heteroatoms. The van der Waals surface area contributed by atoms with Gasteiger partial charge in [0.25, 0.3) is 10.0 Å². The van der Waals surface area contributed by atoms with E-state index in [2.05, 4.69) is 27.2 Å². The number of benzene rings is 1. The van der Waals surface area contributed by atoms with Crippen LogP contribution in [0, 0.1) is 0 Å². The van der Waals surface area contributed by atoms with Gasteiger partial charge in [-0.2, -0.15) is 0 Å². The maximum absolute atomic E-state index is 12.6. The van der Waals surface area contributed by atoms with Crippen molar-refractivity contribution < 1.29 is 8.42 Å². The van der Waals surface area contributed by atoms with Crippen molar-refractivity contribution in [1.82, 2.24) is 19.6 Å². The first-order chi connectivity index (χ1) is 11.1. The minimum absolute atomic E-state index is 0.00990. The van der Waals surface area contributed by atoms with Crippen molar-refractivity contribution in [1.29, 1.82) is 0 Å². The van der Waals surface area contributed by atoms with Crippen LogP contribution < -0.4 is 10.0 Å². The third kappa shape index (κ3) is 2.69. The molecule has 23 heavy (non-hydrogen) atoms. The fourth-order valence-corrected chi connectivity index (χ4v) is 4.70. The molecule has 122 valence electrons. The lowest BCUT2D eigenvalue weighted by molar-refractivity contribution is 0.489. The zero-order valence-electron chi connectivity index (χ0n) is 12.8. The maximum Gasteiger partial charge on any atom is 0.257 e. The van der Waals surface area contributed by atoms with E-state index in [1.807, 2.05) is 16.7 Å². The van der Waals surface area contributed by atoms with E-state index in [0.717, 1.165) is 38.2 Å². The molecule has 6 nitrogen and oxygen atoms in total. The normalized spacial score (nSPS) is 20.3. The molecule has 1 unspecified atom stereocenters. The van der Waals surface area contributed by atoms with Crippen LogP contribution in [0.25, 0.3) is 0 Å². The highest BCUT2D eigenvalue weighted by molar-refractivity contribution is 7.89. The molecule has 0 saturated carbocycles. The van der Waals surface area contributed by atoms with Crippen molar-refractivity contribution in [2.75, 3.05) is 13.1 Å². The number of hydrogen-bond donors (Lipinski definition) is 2. The van der Waals surface area contributed by atoms with E-state index in [9.17, 15) is 8.42 Å². The van der Waals surface area contributed by atoms with Crippen LogP contribution in [0.5, 0.6) is 0 Å². The van der Waals surface area contributed by atoms with Crippen LogP contribution in [-0.4, -0.2) is 31.1 Å². The molecule has 0 bridgehead atoms. The fourth-order valence-electron chi connectivity index (χ4n) is 3.49. The van der Waals surface area contributed by atoms with Crippen molar-refractivity contribution in [3.63, 3.8) is 0 Å². The van der Waals surface area contributed by atoms with E-state index >= 15 is 0 Å². The Kier molecular flexibility index (Phi) is 3.71. The Balaban J connectivity index is 1.53. The number of nitrogens with zero attached hydrogens (tertiary/aromatic N) is 2. The van der Waals surface area contributed by atoms with Crippen LogP contribution in [0.15, 0.2) is 35.5 Å². The molecular formula is C16H20N4O2S. The average molecular weight is 332 g/mol. The summed E-state index contributed by atoms with van der Waals surface area (Å²) in [6, 6.07) is 8.21. The van der Waals surface area contributed by atoms with Crippen molar-refractivity contribution in [2.24, 2.45) is 0 Å². The Bertz CT molecular complexity index is 828. The molecule has 1 aromatic heterocycles. The molecule has 0 aliphatic carbocycles. The Labute approximate surface area is 136 Å². The summed E-state index contributed by atoms with van der Waals surface area (Å²) in [6.45, 7) is 1.95. The first-order valence-electron chi connectivity index (χ1n) is 8.00. The Morgan fingerprint density at radius 2 is 2.17 bits per heavy atom. The summed E-state index contributed by atoms with van der Waals surface area (Å²) in [5, 5.41) is 3.68. The first-order valence-corrected chi connectivity index (χ1v) is 9.49. The minimum Gasteiger partial charge on any atom is -0.318 e. The van der Waals surface area contributed by atoms with Crippen molar-refractivity contribution in [3.8, 4) is 0 Å². The maximum atomic E-state index is 12.6. The molecule has 1 atom stereocenters. The van der Waals surface area contributed by atoms with Crippen molar-refractivity contribution >= 4 is 10.0 Å². The van der Waals surface area contributed by atoms with Crippen molar-refractivity contribution in [3.05, 3.63) is 47.4 Å². The molecular weight excluding hydrogens is 312 g/mol. The summed E-state index contributed by atoms with van der Waals surface area (Å²) >= 11 is 0. The molecule has 1 aromatic carbocycles. The molecule has 2 aliphatic heterocycles. The summed E-state index contributed by atoms with van der Waals surface area (Å²) in [6.07, 6.45) is 4.27. The predicted octanol–water partition coefficient (Wildman–Crippen LogP) is 0.995. The Morgan fingerprint density at radius 3 is 3.09 bits per heavy atom. The molecule has 2 aromatic rings. The summed E-state index contributed by atoms with van der Waals surface area (Å²) < 4.78 is 29.8. The number of rotatable bonds is 4. The highest BCUT2D eigenvalue weighted by Gasteiger charge is 2.27. The number of imidazole rings is 1. The SMILES string of the molecule is O=S(=O)(NCC1NCCc2ccccc21)c1cnc2n1CCC2. The molecule has 0 spiro atoms. The number of hydrogen-bond acceptors (Lipinski definition) is 4. The van der Waals surface area contributed by atoms with Crippen LogP contribution in [-0.2, 0) is 29.4 Å². The Hall–Kier alpha value is -1.70. The molecule has 0 saturated heterocycles. The van der Waals surface area contributed by atoms with Gasteiger partial charge in [0, 0.05) is 25.6 Å². The molecule has 0 fully saturated rings. The van der Waals surface area contributed by atoms with Gasteiger partial charge in [-0.25, -0.2) is 18.1 Å². The summed E-state index contributed by atoms with van der Waals surface area (Å²) in [7, 11) is -3.53. The van der Waals surface area contributed by atoms with Gasteiger partial charge in [-0.05, 0) is 30.5 Å². The van der Waals surface area contributed by atoms with E-state index < -0.39 is 10.0 Å². The van der Waals surface area contributed by atoms with E-state index in [-0.39, 0.29) is 11.1 Å². The topological polar surface area (TPSA) is 76.0 Å². The lowest BCUT2D eigenvalue weighted by atomic mass is 9.95. The van der Waals surface area contributed by atoms with Gasteiger partial charge in [0.15, 0.2) is 5.03 Å². The molecule has 0 radical (unpaired) electrons. The fraction of sp³-hybridized carbons (Fsp3) is 0.438. The standard InChI is InChI=1S/C16H20N4O2S/c21-23(22,16-11-18-15-6-3-9-20(15)16)19-10-14-13-5-2-1-4-12(13)7-8-17-14/h1-2,4-5,11,14,17,19H,3,6-10H2. The quantitative estimate of drug-likeness (QED) is 0.876. The molecule has 2 aliphatic rings. The lowest BCUT2D eigenvalue weighted by Crippen LogP contribution is -2.39. The van der Waals surface area contributed by atoms with Gasteiger partial charge in [-0.3, -0.25) is 0 Å². The second-order valence-corrected chi connectivity index (χ2v) is 7.79. The number of aromatic nitrogens is 2. The highest BCUT2D eigenvalue weighted by Crippen LogP contribution is 2.23. The highest BCUT2D eigenvalue weighted by atomic mass is 32.2. The second kappa shape index (κ2) is 5.74. The summed E-state index contributed by atoms with van der Waals surface area (Å²) in [4.78, 5) is 4.22. The monoisotopic (exact) mass is 332 g/mol. The molecule has 2 N–H and O–H groups in total. The molecule has 4 rings (SSSR count). The third-order valence-electron chi connectivity index (χ3n) is 4.65. The number of aryl methyl sites for hydroxylation is 1. The smallest absolute Gasteiger partial charge is 0.257 e. The third-order valence-corrected chi connectivity index (χ3v) is 6.08. The zero-order chi connectivity index (χ0) is 15.9. The number of nitrogens with one attached hydrogen (secondary N) is 2. The van der Waals surface area contributed by atoms with Gasteiger partial charge in [-0.15, -0.1) is 0 Å². The van der Waals surface area contributed by atoms with Crippen LogP contribution in [0.2, 0.25) is 0 Å². The molecule has 0 amide bonds. The minimum atomic E-state index is -3.53. The predicted molar refractivity (Wildman–Crippen MR) is 86.6 cm³/mol. The van der Waals surface area contributed by atoms with E-state index in [0.29, 0.717) is 6.54 Å². The summed E-state index contributed by atoms with van der Waals surface area (Å²) in [5.74, 6) is 0.867. The number of sulfonamides is 1. The van der Waals surface area contributed by atoms with E-state index in [4.69, 9.17) is 0 Å². The van der Waals surface area contributed by atoms with Gasteiger partial charge in [0.05, 0.1) is 6.20 Å². The Morgan fingerprint density at radius 1 is 1.30 bits per heavy atom. The van der Waals surface area contributed by atoms with Gasteiger partial charge < -0.3 is 9.88 Å². The van der Waals surface area contributed by atoms with Gasteiger partial charge in [0.2, 0.25) is 0 Å². The van der Waals surface area contributed by atoms with Gasteiger partial charge >= 0.3 is 0 Å². The second-order valence-electron chi connectivity index (χ2n) is 6.08. The largest absolute Gasteiger partial charge is 0.318 e. The first kappa shape index (κ1) is 14.9. The zero-order valence-corrected chi connectivity index (χ0v) is 13.6. The van der Waals surface area contributed by atoms with Crippen LogP contribution in [0.1, 0.15) is 29.4 Å². The van der Waals surface area contributed by atoms with Crippen molar-refractivity contribution in [2.45, 2.75) is 36.9 Å². The van der Waals surface area contributed by atoms with E-state index in [1.165, 1.54) is 17.3 Å². The average Bonchev–Trinajstić information content (AvgIpc) is 3.16. The summed E-state index contributed by atoms with van der Waals surface area (Å²) in [5.41, 5.74) is 2.47. The van der Waals surface area contributed by atoms with Crippen LogP contribution >= 0.6 is 0 Å². The molecule has 3 heterocycles. The van der Waals surface area contributed by atoms with Gasteiger partial charge in [-0.1, -0.05) is 24.3 Å². The van der Waals surface area contributed by atoms with E-state index in [1.54, 1.807) is 0 Å². The van der Waals surface area contributed by atoms with Crippen LogP contribution in [0.3, 0.4) is 0 Å². The lowest BCUT2D eigenvalue weighted by Gasteiger charge is -2.27.